The fraction of sp³-hybridized carbons (Fsp3) is 0.0833. The van der Waals surface area contributed by atoms with E-state index in [1.54, 1.807) is 36.4 Å². The van der Waals surface area contributed by atoms with Gasteiger partial charge in [-0.3, -0.25) is 9.59 Å². The number of carbonyl (C=O) groups excluding carboxylic acids is 2. The molecule has 3 rings (SSSR count). The summed E-state index contributed by atoms with van der Waals surface area (Å²) in [5, 5.41) is 5.55. The number of hydrogen-bond donors (Lipinski definition) is 3. The number of nitrogen functional groups attached to an aromatic ring is 1. The van der Waals surface area contributed by atoms with Crippen LogP contribution in [-0.4, -0.2) is 11.8 Å². The molecule has 0 spiro atoms. The normalized spacial score (nSPS) is 11.0. The Morgan fingerprint density at radius 3 is 2.24 bits per heavy atom. The van der Waals surface area contributed by atoms with Crippen molar-refractivity contribution in [2.75, 3.05) is 5.73 Å². The molecule has 146 valence electrons. The van der Waals surface area contributed by atoms with Crippen LogP contribution in [0.2, 0.25) is 0 Å². The van der Waals surface area contributed by atoms with Crippen LogP contribution in [0.25, 0.3) is 6.08 Å². The predicted molar refractivity (Wildman–Crippen MR) is 116 cm³/mol. The number of anilines is 1. The molecule has 0 atom stereocenters. The van der Waals surface area contributed by atoms with Crippen LogP contribution in [0.4, 0.5) is 5.69 Å². The molecule has 0 aliphatic heterocycles. The van der Waals surface area contributed by atoms with Gasteiger partial charge in [0.2, 0.25) is 0 Å². The zero-order chi connectivity index (χ0) is 20.6. The van der Waals surface area contributed by atoms with E-state index in [4.69, 9.17) is 5.73 Å². The minimum Gasteiger partial charge on any atom is -0.398 e. The summed E-state index contributed by atoms with van der Waals surface area (Å²) in [5.41, 5.74) is 9.92. The average molecular weight is 385 g/mol. The summed E-state index contributed by atoms with van der Waals surface area (Å²) in [6.07, 6.45) is 1.66. The van der Waals surface area contributed by atoms with Gasteiger partial charge >= 0.3 is 0 Å². The lowest BCUT2D eigenvalue weighted by molar-refractivity contribution is -0.117. The van der Waals surface area contributed by atoms with Crippen molar-refractivity contribution in [3.63, 3.8) is 0 Å². The van der Waals surface area contributed by atoms with Gasteiger partial charge in [-0.2, -0.15) is 0 Å². The summed E-state index contributed by atoms with van der Waals surface area (Å²) in [7, 11) is 0. The molecule has 4 N–H and O–H groups in total. The summed E-state index contributed by atoms with van der Waals surface area (Å²) in [4.78, 5) is 25.4. The monoisotopic (exact) mass is 385 g/mol. The minimum absolute atomic E-state index is 0.164. The highest BCUT2D eigenvalue weighted by molar-refractivity contribution is 6.05. The van der Waals surface area contributed by atoms with Crippen LogP contribution in [0.3, 0.4) is 0 Å². The van der Waals surface area contributed by atoms with E-state index in [0.29, 0.717) is 11.3 Å². The highest BCUT2D eigenvalue weighted by Gasteiger charge is 2.15. The van der Waals surface area contributed by atoms with Crippen LogP contribution in [0, 0.1) is 6.92 Å². The van der Waals surface area contributed by atoms with Crippen molar-refractivity contribution in [2.24, 2.45) is 0 Å². The third-order valence-electron chi connectivity index (χ3n) is 4.41. The lowest BCUT2D eigenvalue weighted by Gasteiger charge is -2.12. The Hall–Kier alpha value is -3.86. The number of rotatable bonds is 6. The first-order valence-corrected chi connectivity index (χ1v) is 9.29. The zero-order valence-electron chi connectivity index (χ0n) is 16.2. The van der Waals surface area contributed by atoms with E-state index < -0.39 is 5.91 Å². The first-order chi connectivity index (χ1) is 14.0. The molecule has 0 saturated carbocycles. The topological polar surface area (TPSA) is 84.2 Å². The Bertz CT molecular complexity index is 1030. The maximum absolute atomic E-state index is 12.8. The van der Waals surface area contributed by atoms with Crippen LogP contribution in [0.1, 0.15) is 27.0 Å². The van der Waals surface area contributed by atoms with Crippen molar-refractivity contribution in [2.45, 2.75) is 13.5 Å². The van der Waals surface area contributed by atoms with E-state index in [1.165, 1.54) is 0 Å². The molecular weight excluding hydrogens is 362 g/mol. The third-order valence-corrected chi connectivity index (χ3v) is 4.41. The van der Waals surface area contributed by atoms with Gasteiger partial charge in [-0.1, -0.05) is 66.2 Å². The number of para-hydroxylation sites is 1. The van der Waals surface area contributed by atoms with Crippen LogP contribution in [0.5, 0.6) is 0 Å². The van der Waals surface area contributed by atoms with Gasteiger partial charge in [-0.05, 0) is 42.3 Å². The first kappa shape index (κ1) is 19.9. The fourth-order valence-corrected chi connectivity index (χ4v) is 2.74. The number of aryl methyl sites for hydroxylation is 1. The van der Waals surface area contributed by atoms with Crippen LogP contribution in [0.15, 0.2) is 84.6 Å². The molecule has 0 unspecified atom stereocenters. The number of amides is 2. The second-order valence-electron chi connectivity index (χ2n) is 6.67. The molecule has 2 amide bonds. The van der Waals surface area contributed by atoms with Crippen molar-refractivity contribution in [3.05, 3.63) is 107 Å². The Morgan fingerprint density at radius 2 is 1.55 bits per heavy atom. The molecule has 3 aromatic carbocycles. The first-order valence-electron chi connectivity index (χ1n) is 9.29. The Labute approximate surface area is 170 Å². The molecule has 0 aliphatic carbocycles. The molecule has 0 saturated heterocycles. The van der Waals surface area contributed by atoms with Crippen molar-refractivity contribution in [1.29, 1.82) is 0 Å². The largest absolute Gasteiger partial charge is 0.398 e. The van der Waals surface area contributed by atoms with Gasteiger partial charge in [0.15, 0.2) is 0 Å². The van der Waals surface area contributed by atoms with Crippen molar-refractivity contribution in [3.8, 4) is 0 Å². The maximum Gasteiger partial charge on any atom is 0.268 e. The summed E-state index contributed by atoms with van der Waals surface area (Å²) < 4.78 is 0. The van der Waals surface area contributed by atoms with E-state index in [1.807, 2.05) is 55.5 Å². The summed E-state index contributed by atoms with van der Waals surface area (Å²) >= 11 is 0. The van der Waals surface area contributed by atoms with E-state index in [0.717, 1.165) is 16.7 Å². The van der Waals surface area contributed by atoms with Gasteiger partial charge in [0.05, 0.1) is 0 Å². The molecule has 5 heteroatoms. The van der Waals surface area contributed by atoms with Crippen molar-refractivity contribution >= 4 is 23.6 Å². The van der Waals surface area contributed by atoms with Crippen LogP contribution >= 0.6 is 0 Å². The number of carbonyl (C=O) groups is 2. The zero-order valence-corrected chi connectivity index (χ0v) is 16.2. The van der Waals surface area contributed by atoms with Gasteiger partial charge in [-0.25, -0.2) is 0 Å². The lowest BCUT2D eigenvalue weighted by Crippen LogP contribution is -2.34. The van der Waals surface area contributed by atoms with Gasteiger partial charge in [-0.15, -0.1) is 0 Å². The van der Waals surface area contributed by atoms with Gasteiger partial charge < -0.3 is 16.4 Å². The molecule has 0 bridgehead atoms. The molecule has 5 nitrogen and oxygen atoms in total. The second-order valence-corrected chi connectivity index (χ2v) is 6.67. The van der Waals surface area contributed by atoms with Gasteiger partial charge in [0.1, 0.15) is 5.70 Å². The maximum atomic E-state index is 12.8. The van der Waals surface area contributed by atoms with Gasteiger partial charge in [0, 0.05) is 17.8 Å². The predicted octanol–water partition coefficient (Wildman–Crippen LogP) is 3.66. The molecule has 0 aliphatic rings. The highest BCUT2D eigenvalue weighted by atomic mass is 16.2. The quantitative estimate of drug-likeness (QED) is 0.447. The SMILES string of the molecule is Cc1ccc(C=C(NC(=O)c2ccccc2)C(=O)NCc2ccccc2N)cc1. The molecule has 0 aromatic heterocycles. The molecule has 0 radical (unpaired) electrons. The molecule has 29 heavy (non-hydrogen) atoms. The lowest BCUT2D eigenvalue weighted by atomic mass is 10.1. The minimum atomic E-state index is -0.391. The third kappa shape index (κ3) is 5.56. The Morgan fingerprint density at radius 1 is 0.897 bits per heavy atom. The van der Waals surface area contributed by atoms with E-state index in [2.05, 4.69) is 10.6 Å². The Balaban J connectivity index is 1.81. The van der Waals surface area contributed by atoms with E-state index in [-0.39, 0.29) is 18.1 Å². The number of nitrogens with two attached hydrogens (primary N) is 1. The number of nitrogens with one attached hydrogen (secondary N) is 2. The molecular formula is C24H23N3O2. The summed E-state index contributed by atoms with van der Waals surface area (Å²) in [6.45, 7) is 2.25. The fourth-order valence-electron chi connectivity index (χ4n) is 2.74. The van der Waals surface area contributed by atoms with Gasteiger partial charge in [0.25, 0.3) is 11.8 Å². The Kier molecular flexibility index (Phi) is 6.43. The summed E-state index contributed by atoms with van der Waals surface area (Å²) in [6, 6.07) is 23.8. The van der Waals surface area contributed by atoms with Crippen LogP contribution in [-0.2, 0) is 11.3 Å². The van der Waals surface area contributed by atoms with Crippen molar-refractivity contribution in [1.82, 2.24) is 10.6 Å². The second kappa shape index (κ2) is 9.37. The number of benzene rings is 3. The average Bonchev–Trinajstić information content (AvgIpc) is 2.74. The standard InChI is InChI=1S/C24H23N3O2/c1-17-11-13-18(14-12-17)15-22(27-23(28)19-7-3-2-4-8-19)24(29)26-16-20-9-5-6-10-21(20)25/h2-15H,16,25H2,1H3,(H,26,29)(H,27,28). The van der Waals surface area contributed by atoms with Crippen LogP contribution < -0.4 is 16.4 Å². The van der Waals surface area contributed by atoms with Crippen molar-refractivity contribution < 1.29 is 9.59 Å². The number of hydrogen-bond acceptors (Lipinski definition) is 3. The highest BCUT2D eigenvalue weighted by Crippen LogP contribution is 2.12. The summed E-state index contributed by atoms with van der Waals surface area (Å²) in [5.74, 6) is -0.739. The molecule has 0 fully saturated rings. The molecule has 0 heterocycles. The smallest absolute Gasteiger partial charge is 0.268 e. The van der Waals surface area contributed by atoms with E-state index >= 15 is 0 Å². The van der Waals surface area contributed by atoms with E-state index in [9.17, 15) is 9.59 Å². The molecule has 3 aromatic rings.